The Morgan fingerprint density at radius 3 is 2.65 bits per heavy atom. The number of methoxy groups -OCH3 is 1. The number of ether oxygens (including phenoxy) is 1. The van der Waals surface area contributed by atoms with Crippen molar-refractivity contribution in [3.63, 3.8) is 0 Å². The summed E-state index contributed by atoms with van der Waals surface area (Å²) in [4.78, 5) is 16.5. The van der Waals surface area contributed by atoms with E-state index in [4.69, 9.17) is 15.6 Å². The fourth-order valence-corrected chi connectivity index (χ4v) is 2.44. The van der Waals surface area contributed by atoms with Gasteiger partial charge in [-0.2, -0.15) is 0 Å². The van der Waals surface area contributed by atoms with Crippen LogP contribution < -0.4 is 10.5 Å². The number of nitrogens with zero attached hydrogens (tertiary/aromatic N) is 2. The summed E-state index contributed by atoms with van der Waals surface area (Å²) in [6.45, 7) is 3.65. The van der Waals surface area contributed by atoms with Gasteiger partial charge in [0.2, 0.25) is 0 Å². The third-order valence-corrected chi connectivity index (χ3v) is 3.56. The van der Waals surface area contributed by atoms with Gasteiger partial charge in [-0.15, -0.1) is 0 Å². The van der Waals surface area contributed by atoms with Crippen molar-refractivity contribution in [3.05, 3.63) is 23.8 Å². The van der Waals surface area contributed by atoms with E-state index in [0.29, 0.717) is 36.6 Å². The second-order valence-corrected chi connectivity index (χ2v) is 4.79. The minimum Gasteiger partial charge on any atom is -0.494 e. The Labute approximate surface area is 118 Å². The fourth-order valence-electron chi connectivity index (χ4n) is 2.44. The lowest BCUT2D eigenvalue weighted by molar-refractivity contribution is 0.0612. The van der Waals surface area contributed by atoms with Crippen molar-refractivity contribution in [2.45, 2.75) is 0 Å². The second-order valence-electron chi connectivity index (χ2n) is 4.79. The molecule has 6 nitrogen and oxygen atoms in total. The van der Waals surface area contributed by atoms with E-state index in [1.54, 1.807) is 23.1 Å². The summed E-state index contributed by atoms with van der Waals surface area (Å²) in [7, 11) is 1.52. The number of piperazine rings is 1. The molecule has 1 fully saturated rings. The van der Waals surface area contributed by atoms with Gasteiger partial charge < -0.3 is 20.5 Å². The number of para-hydroxylation sites is 1. The number of carbonyl (C=O) groups is 1. The molecule has 1 aliphatic rings. The normalized spacial score (nSPS) is 16.2. The van der Waals surface area contributed by atoms with Gasteiger partial charge >= 0.3 is 0 Å². The van der Waals surface area contributed by atoms with Crippen molar-refractivity contribution in [2.75, 3.05) is 52.2 Å². The highest BCUT2D eigenvalue weighted by Gasteiger charge is 2.24. The first-order valence-corrected chi connectivity index (χ1v) is 6.72. The minimum absolute atomic E-state index is 0.0576. The van der Waals surface area contributed by atoms with Crippen LogP contribution in [0.25, 0.3) is 0 Å². The van der Waals surface area contributed by atoms with Crippen LogP contribution in [0.5, 0.6) is 5.75 Å². The first-order chi connectivity index (χ1) is 9.67. The first-order valence-electron chi connectivity index (χ1n) is 6.72. The summed E-state index contributed by atoms with van der Waals surface area (Å²) in [5.41, 5.74) is 6.80. The molecule has 6 heteroatoms. The van der Waals surface area contributed by atoms with Gasteiger partial charge in [-0.1, -0.05) is 6.07 Å². The molecule has 1 heterocycles. The van der Waals surface area contributed by atoms with Gasteiger partial charge in [-0.3, -0.25) is 9.69 Å². The summed E-state index contributed by atoms with van der Waals surface area (Å²) in [5, 5.41) is 8.92. The van der Waals surface area contributed by atoms with E-state index < -0.39 is 0 Å². The number of β-amino-alcohol motifs (C(OH)–C–C–N with tert-alkyl or cyclic N) is 1. The number of amides is 1. The Morgan fingerprint density at radius 1 is 1.35 bits per heavy atom. The zero-order chi connectivity index (χ0) is 14.5. The zero-order valence-electron chi connectivity index (χ0n) is 11.7. The number of rotatable bonds is 4. The van der Waals surface area contributed by atoms with Crippen LogP contribution in [-0.4, -0.2) is 67.3 Å². The molecule has 0 aromatic heterocycles. The fraction of sp³-hybridized carbons (Fsp3) is 0.500. The predicted molar refractivity (Wildman–Crippen MR) is 76.8 cm³/mol. The molecule has 1 saturated heterocycles. The first kappa shape index (κ1) is 14.6. The van der Waals surface area contributed by atoms with Crippen LogP contribution >= 0.6 is 0 Å². The molecule has 0 spiro atoms. The minimum atomic E-state index is -0.0576. The maximum Gasteiger partial charge on any atom is 0.257 e. The number of carbonyl (C=O) groups excluding carboxylic acids is 1. The summed E-state index contributed by atoms with van der Waals surface area (Å²) in [5.74, 6) is 0.382. The monoisotopic (exact) mass is 279 g/mol. The van der Waals surface area contributed by atoms with E-state index in [-0.39, 0.29) is 12.5 Å². The van der Waals surface area contributed by atoms with E-state index in [1.165, 1.54) is 7.11 Å². The number of nitrogens with two attached hydrogens (primary N) is 1. The number of nitrogen functional groups attached to an aromatic ring is 1. The SMILES string of the molecule is COc1c(N)cccc1C(=O)N1CCN(CCO)CC1. The van der Waals surface area contributed by atoms with Crippen molar-refractivity contribution in [1.82, 2.24) is 9.80 Å². The van der Waals surface area contributed by atoms with E-state index in [0.717, 1.165) is 13.1 Å². The number of hydrogen-bond acceptors (Lipinski definition) is 5. The maximum atomic E-state index is 12.5. The van der Waals surface area contributed by atoms with Gasteiger partial charge in [-0.05, 0) is 12.1 Å². The molecule has 0 unspecified atom stereocenters. The summed E-state index contributed by atoms with van der Waals surface area (Å²) >= 11 is 0. The van der Waals surface area contributed by atoms with Gasteiger partial charge in [0, 0.05) is 32.7 Å². The average Bonchev–Trinajstić information content (AvgIpc) is 2.47. The number of hydrogen-bond donors (Lipinski definition) is 2. The molecule has 3 N–H and O–H groups in total. The smallest absolute Gasteiger partial charge is 0.257 e. The lowest BCUT2D eigenvalue weighted by Gasteiger charge is -2.34. The highest BCUT2D eigenvalue weighted by molar-refractivity contribution is 5.98. The molecule has 0 atom stereocenters. The van der Waals surface area contributed by atoms with Crippen LogP contribution in [0, 0.1) is 0 Å². The number of aliphatic hydroxyl groups excluding tert-OH is 1. The molecular weight excluding hydrogens is 258 g/mol. The quantitative estimate of drug-likeness (QED) is 0.760. The van der Waals surface area contributed by atoms with Crippen molar-refractivity contribution < 1.29 is 14.6 Å². The number of anilines is 1. The second kappa shape index (κ2) is 6.58. The third-order valence-electron chi connectivity index (χ3n) is 3.56. The molecular formula is C14H21N3O3. The predicted octanol–water partition coefficient (Wildman–Crippen LogP) is 0.0275. The van der Waals surface area contributed by atoms with Crippen molar-refractivity contribution in [2.24, 2.45) is 0 Å². The zero-order valence-corrected chi connectivity index (χ0v) is 11.7. The molecule has 1 amide bonds. The molecule has 0 saturated carbocycles. The van der Waals surface area contributed by atoms with Crippen LogP contribution in [0.1, 0.15) is 10.4 Å². The topological polar surface area (TPSA) is 79.0 Å². The maximum absolute atomic E-state index is 12.5. The summed E-state index contributed by atoms with van der Waals surface area (Å²) in [6.07, 6.45) is 0. The van der Waals surface area contributed by atoms with Crippen LogP contribution in [0.4, 0.5) is 5.69 Å². The van der Waals surface area contributed by atoms with Crippen LogP contribution in [0.2, 0.25) is 0 Å². The van der Waals surface area contributed by atoms with Crippen LogP contribution in [-0.2, 0) is 0 Å². The van der Waals surface area contributed by atoms with E-state index in [1.807, 2.05) is 0 Å². The number of benzene rings is 1. The molecule has 20 heavy (non-hydrogen) atoms. The standard InChI is InChI=1S/C14H21N3O3/c1-20-13-11(3-2-4-12(13)15)14(19)17-7-5-16(6-8-17)9-10-18/h2-4,18H,5-10,15H2,1H3. The van der Waals surface area contributed by atoms with Gasteiger partial charge in [-0.25, -0.2) is 0 Å². The molecule has 1 aromatic carbocycles. The Kier molecular flexibility index (Phi) is 4.81. The molecule has 1 aliphatic heterocycles. The molecule has 0 bridgehead atoms. The highest BCUT2D eigenvalue weighted by Crippen LogP contribution is 2.27. The Hall–Kier alpha value is -1.79. The molecule has 0 aliphatic carbocycles. The van der Waals surface area contributed by atoms with Gasteiger partial charge in [0.25, 0.3) is 5.91 Å². The van der Waals surface area contributed by atoms with Gasteiger partial charge in [0.15, 0.2) is 5.75 Å². The van der Waals surface area contributed by atoms with Gasteiger partial charge in [0.05, 0.1) is 25.0 Å². The molecule has 1 aromatic rings. The van der Waals surface area contributed by atoms with Crippen LogP contribution in [0.3, 0.4) is 0 Å². The van der Waals surface area contributed by atoms with Gasteiger partial charge in [0.1, 0.15) is 0 Å². The lowest BCUT2D eigenvalue weighted by Crippen LogP contribution is -2.49. The van der Waals surface area contributed by atoms with Crippen molar-refractivity contribution >= 4 is 11.6 Å². The molecule has 110 valence electrons. The average molecular weight is 279 g/mol. The Morgan fingerprint density at radius 2 is 2.05 bits per heavy atom. The molecule has 0 radical (unpaired) electrons. The van der Waals surface area contributed by atoms with E-state index in [2.05, 4.69) is 4.90 Å². The van der Waals surface area contributed by atoms with Crippen LogP contribution in [0.15, 0.2) is 18.2 Å². The summed E-state index contributed by atoms with van der Waals surface area (Å²) < 4.78 is 5.23. The number of aliphatic hydroxyl groups is 1. The largest absolute Gasteiger partial charge is 0.494 e. The molecule has 2 rings (SSSR count). The van der Waals surface area contributed by atoms with E-state index >= 15 is 0 Å². The Bertz CT molecular complexity index is 471. The lowest BCUT2D eigenvalue weighted by atomic mass is 10.1. The van der Waals surface area contributed by atoms with Crippen molar-refractivity contribution in [1.29, 1.82) is 0 Å². The Balaban J connectivity index is 2.08. The van der Waals surface area contributed by atoms with E-state index in [9.17, 15) is 4.79 Å². The van der Waals surface area contributed by atoms with Crippen molar-refractivity contribution in [3.8, 4) is 5.75 Å². The summed E-state index contributed by atoms with van der Waals surface area (Å²) in [6, 6.07) is 5.21. The highest BCUT2D eigenvalue weighted by atomic mass is 16.5. The third kappa shape index (κ3) is 3.02.